The van der Waals surface area contributed by atoms with Gasteiger partial charge in [-0.05, 0) is 23.6 Å². The van der Waals surface area contributed by atoms with Crippen LogP contribution in [0.1, 0.15) is 35.6 Å². The van der Waals surface area contributed by atoms with E-state index in [0.29, 0.717) is 44.0 Å². The minimum Gasteiger partial charge on any atom is -0.354 e. The maximum atomic E-state index is 11.9. The van der Waals surface area contributed by atoms with Crippen LogP contribution in [-0.2, 0) is 22.9 Å². The van der Waals surface area contributed by atoms with Gasteiger partial charge in [0.25, 0.3) is 0 Å². The highest BCUT2D eigenvalue weighted by molar-refractivity contribution is 7.88. The Labute approximate surface area is 211 Å². The quantitative estimate of drug-likeness (QED) is 0.469. The molecule has 2 aromatic heterocycles. The van der Waals surface area contributed by atoms with Gasteiger partial charge >= 0.3 is 0 Å². The lowest BCUT2D eigenvalue weighted by atomic mass is 9.97. The number of hydrogen-bond donors (Lipinski definition) is 0. The van der Waals surface area contributed by atoms with Gasteiger partial charge in [-0.2, -0.15) is 4.31 Å². The van der Waals surface area contributed by atoms with Crippen molar-refractivity contribution < 1.29 is 8.42 Å². The average Bonchev–Trinajstić information content (AvgIpc) is 2.79. The van der Waals surface area contributed by atoms with E-state index in [2.05, 4.69) is 21.8 Å². The predicted molar refractivity (Wildman–Crippen MR) is 136 cm³/mol. The van der Waals surface area contributed by atoms with E-state index in [1.165, 1.54) is 16.1 Å². The fourth-order valence-corrected chi connectivity index (χ4v) is 4.87. The van der Waals surface area contributed by atoms with Crippen molar-refractivity contribution in [3.63, 3.8) is 0 Å². The van der Waals surface area contributed by atoms with E-state index < -0.39 is 10.0 Å². The summed E-state index contributed by atoms with van der Waals surface area (Å²) in [5, 5.41) is 0.712. The molecule has 0 spiro atoms. The maximum absolute atomic E-state index is 11.9. The van der Waals surface area contributed by atoms with E-state index >= 15 is 0 Å². The van der Waals surface area contributed by atoms with Crippen LogP contribution in [0.5, 0.6) is 0 Å². The number of nitrogens with zero attached hydrogens (tertiary/aromatic N) is 6. The second-order valence-electron chi connectivity index (χ2n) is 8.31. The van der Waals surface area contributed by atoms with Crippen LogP contribution in [0.4, 0.5) is 5.82 Å². The van der Waals surface area contributed by atoms with Gasteiger partial charge in [-0.3, -0.25) is 9.97 Å². The van der Waals surface area contributed by atoms with E-state index in [1.807, 2.05) is 30.3 Å². The summed E-state index contributed by atoms with van der Waals surface area (Å²) < 4.78 is 25.3. The van der Waals surface area contributed by atoms with Gasteiger partial charge in [0.05, 0.1) is 17.6 Å². The van der Waals surface area contributed by atoms with Gasteiger partial charge in [-0.1, -0.05) is 30.7 Å². The van der Waals surface area contributed by atoms with Crippen molar-refractivity contribution in [2.24, 2.45) is 0 Å². The van der Waals surface area contributed by atoms with Gasteiger partial charge in [0.15, 0.2) is 0 Å². The summed E-state index contributed by atoms with van der Waals surface area (Å²) in [4.78, 5) is 20.3. The number of sulfonamides is 1. The van der Waals surface area contributed by atoms with Crippen LogP contribution in [0.2, 0.25) is 5.02 Å². The Morgan fingerprint density at radius 1 is 1.03 bits per heavy atom. The molecule has 0 bridgehead atoms. The van der Waals surface area contributed by atoms with Gasteiger partial charge in [0.1, 0.15) is 11.6 Å². The zero-order chi connectivity index (χ0) is 23.4. The van der Waals surface area contributed by atoms with Crippen molar-refractivity contribution >= 4 is 39.8 Å². The largest absolute Gasteiger partial charge is 0.354 e. The standard InChI is InChI=1S/C23H27ClN6O2S.ClH/c1-17(18-3-5-19(24)6-4-18)13-22-27-20(14-21-16-25-7-8-26-21)15-23(28-22)29-9-11-30(12-10-29)33(2,31)32;/h3-8,15-17H,9-14H2,1-2H3;1H/t17-;/m1./s1. The molecule has 34 heavy (non-hydrogen) atoms. The van der Waals surface area contributed by atoms with Crippen LogP contribution in [0.25, 0.3) is 0 Å². The SMILES string of the molecule is C[C@H](Cc1nc(Cc2cnccn2)cc(N2CCN(S(C)(=O)=O)CC2)n1)c1ccc(Cl)cc1.Cl. The Morgan fingerprint density at radius 2 is 1.74 bits per heavy atom. The molecular weight excluding hydrogens is 495 g/mol. The monoisotopic (exact) mass is 522 g/mol. The molecule has 4 rings (SSSR count). The van der Waals surface area contributed by atoms with Gasteiger partial charge < -0.3 is 4.90 Å². The van der Waals surface area contributed by atoms with Crippen molar-refractivity contribution in [1.29, 1.82) is 0 Å². The van der Waals surface area contributed by atoms with Gasteiger partial charge in [-0.25, -0.2) is 18.4 Å². The smallest absolute Gasteiger partial charge is 0.211 e. The molecule has 0 radical (unpaired) electrons. The molecule has 11 heteroatoms. The minimum absolute atomic E-state index is 0. The summed E-state index contributed by atoms with van der Waals surface area (Å²) in [6.45, 7) is 4.20. The number of anilines is 1. The number of rotatable bonds is 7. The van der Waals surface area contributed by atoms with Crippen molar-refractivity contribution in [2.45, 2.75) is 25.7 Å². The topological polar surface area (TPSA) is 92.2 Å². The third-order valence-electron chi connectivity index (χ3n) is 5.75. The summed E-state index contributed by atoms with van der Waals surface area (Å²) in [7, 11) is -3.19. The first-order chi connectivity index (χ1) is 15.8. The second-order valence-corrected chi connectivity index (χ2v) is 10.7. The molecule has 0 amide bonds. The zero-order valence-electron chi connectivity index (χ0n) is 19.1. The maximum Gasteiger partial charge on any atom is 0.211 e. The highest BCUT2D eigenvalue weighted by Gasteiger charge is 2.25. The van der Waals surface area contributed by atoms with Crippen molar-refractivity contribution in [2.75, 3.05) is 37.3 Å². The molecule has 0 N–H and O–H groups in total. The van der Waals surface area contributed by atoms with Crippen molar-refractivity contribution in [1.82, 2.24) is 24.2 Å². The molecule has 1 aliphatic heterocycles. The van der Waals surface area contributed by atoms with Crippen molar-refractivity contribution in [3.05, 3.63) is 76.7 Å². The third-order valence-corrected chi connectivity index (χ3v) is 7.31. The Bertz CT molecular complexity index is 1190. The molecule has 182 valence electrons. The lowest BCUT2D eigenvalue weighted by Crippen LogP contribution is -2.48. The first-order valence-corrected chi connectivity index (χ1v) is 13.1. The Hall–Kier alpha value is -2.33. The molecule has 1 aliphatic rings. The summed E-state index contributed by atoms with van der Waals surface area (Å²) in [6, 6.07) is 9.82. The van der Waals surface area contributed by atoms with E-state index in [4.69, 9.17) is 21.6 Å². The molecule has 3 aromatic rings. The first-order valence-electron chi connectivity index (χ1n) is 10.8. The first kappa shape index (κ1) is 26.3. The molecule has 0 unspecified atom stereocenters. The van der Waals surface area contributed by atoms with Gasteiger partial charge in [-0.15, -0.1) is 12.4 Å². The molecule has 0 aliphatic carbocycles. The van der Waals surface area contributed by atoms with Gasteiger partial charge in [0.2, 0.25) is 10.0 Å². The molecule has 0 saturated carbocycles. The fourth-order valence-electron chi connectivity index (χ4n) is 3.92. The summed E-state index contributed by atoms with van der Waals surface area (Å²) in [6.07, 6.45) is 7.53. The Kier molecular flexibility index (Phi) is 8.81. The fraction of sp³-hybridized carbons (Fsp3) is 0.391. The molecule has 1 saturated heterocycles. The number of hydrogen-bond acceptors (Lipinski definition) is 7. The average molecular weight is 523 g/mol. The highest BCUT2D eigenvalue weighted by Crippen LogP contribution is 2.24. The number of aromatic nitrogens is 4. The lowest BCUT2D eigenvalue weighted by molar-refractivity contribution is 0.386. The van der Waals surface area contributed by atoms with E-state index in [-0.39, 0.29) is 18.3 Å². The second kappa shape index (κ2) is 11.4. The lowest BCUT2D eigenvalue weighted by Gasteiger charge is -2.34. The Balaban J connectivity index is 0.00000324. The number of halogens is 2. The Morgan fingerprint density at radius 3 is 2.35 bits per heavy atom. The van der Waals surface area contributed by atoms with Crippen LogP contribution in [-0.4, -0.2) is 65.1 Å². The van der Waals surface area contributed by atoms with Crippen LogP contribution >= 0.6 is 24.0 Å². The molecule has 1 atom stereocenters. The van der Waals surface area contributed by atoms with E-state index in [0.717, 1.165) is 23.0 Å². The number of benzene rings is 1. The van der Waals surface area contributed by atoms with Crippen LogP contribution < -0.4 is 4.90 Å². The van der Waals surface area contributed by atoms with Crippen molar-refractivity contribution in [3.8, 4) is 0 Å². The summed E-state index contributed by atoms with van der Waals surface area (Å²) in [5.74, 6) is 1.78. The summed E-state index contributed by atoms with van der Waals surface area (Å²) >= 11 is 6.04. The molecule has 3 heterocycles. The van der Waals surface area contributed by atoms with Gasteiger partial charge in [0, 0.05) is 68.7 Å². The highest BCUT2D eigenvalue weighted by atomic mass is 35.5. The van der Waals surface area contributed by atoms with Crippen LogP contribution in [0, 0.1) is 0 Å². The molecule has 1 aromatic carbocycles. The molecular formula is C23H28Cl2N6O2S. The normalized spacial score (nSPS) is 15.6. The summed E-state index contributed by atoms with van der Waals surface area (Å²) in [5.41, 5.74) is 2.87. The predicted octanol–water partition coefficient (Wildman–Crippen LogP) is 3.36. The van der Waals surface area contributed by atoms with E-state index in [9.17, 15) is 8.42 Å². The molecule has 1 fully saturated rings. The zero-order valence-corrected chi connectivity index (χ0v) is 21.5. The van der Waals surface area contributed by atoms with Crippen LogP contribution in [0.15, 0.2) is 48.9 Å². The number of piperazine rings is 1. The van der Waals surface area contributed by atoms with Crippen LogP contribution in [0.3, 0.4) is 0 Å². The van der Waals surface area contributed by atoms with E-state index in [1.54, 1.807) is 18.6 Å². The minimum atomic E-state index is -3.19. The molecule has 8 nitrogen and oxygen atoms in total. The third kappa shape index (κ3) is 6.85.